The first-order valence-electron chi connectivity index (χ1n) is 21.6. The molecule has 0 spiro atoms. The average molecular weight is 714 g/mol. The fraction of sp³-hybridized carbons (Fsp3) is 0.952. The number of imide groups is 1. The Labute approximate surface area is 305 Å². The van der Waals surface area contributed by atoms with Gasteiger partial charge in [-0.25, -0.2) is 0 Å². The van der Waals surface area contributed by atoms with Gasteiger partial charge < -0.3 is 0 Å². The van der Waals surface area contributed by atoms with Crippen LogP contribution in [0.4, 0.5) is 0 Å². The highest BCUT2D eigenvalue weighted by Crippen LogP contribution is 2.17. The van der Waals surface area contributed by atoms with E-state index in [1.807, 2.05) is 0 Å². The Kier molecular flexibility index (Phi) is 36.1. The molecule has 0 saturated heterocycles. The predicted molar refractivity (Wildman–Crippen MR) is 211 cm³/mol. The molecule has 0 aromatic carbocycles. The Bertz CT molecular complexity index is 781. The van der Waals surface area contributed by atoms with Crippen LogP contribution in [-0.2, 0) is 19.7 Å². The molecule has 0 aliphatic carbocycles. The molecule has 292 valence electrons. The maximum atomic E-state index is 12.9. The van der Waals surface area contributed by atoms with Crippen LogP contribution in [0.1, 0.15) is 245 Å². The topological polar surface area (TPSA) is 91.8 Å². The summed E-state index contributed by atoms with van der Waals surface area (Å²) >= 11 is 0. The summed E-state index contributed by atoms with van der Waals surface area (Å²) in [5, 5.41) is 0. The quantitative estimate of drug-likeness (QED) is 0.0506. The fourth-order valence-electron chi connectivity index (χ4n) is 6.87. The Hall–Kier alpha value is -0.950. The molecule has 49 heavy (non-hydrogen) atoms. The van der Waals surface area contributed by atoms with Gasteiger partial charge in [0.2, 0.25) is 11.8 Å². The standard InChI is InChI=1S/C42H83NO5S/c1-3-5-7-9-11-13-15-17-19-21-23-25-27-29-31-33-35-37-41(44)43(39-40-49(46,47)48)42(45)38-36-34-32-30-28-26-24-22-20-18-16-14-12-10-8-6-4-2/h3-40H2,1-2H3,(H,46,47,48). The molecule has 0 unspecified atom stereocenters. The van der Waals surface area contributed by atoms with E-state index in [2.05, 4.69) is 13.8 Å². The smallest absolute Gasteiger partial charge is 0.266 e. The van der Waals surface area contributed by atoms with Crippen LogP contribution >= 0.6 is 0 Å². The molecule has 0 aromatic rings. The molecule has 0 aliphatic rings. The zero-order chi connectivity index (χ0) is 36.1. The first-order chi connectivity index (χ1) is 23.8. The molecule has 0 aromatic heterocycles. The number of hydrogen-bond donors (Lipinski definition) is 1. The van der Waals surface area contributed by atoms with Crippen LogP contribution in [-0.4, -0.2) is 42.0 Å². The minimum atomic E-state index is -4.24. The van der Waals surface area contributed by atoms with Crippen molar-refractivity contribution in [3.8, 4) is 0 Å². The van der Waals surface area contributed by atoms with E-state index in [4.69, 9.17) is 0 Å². The second-order valence-electron chi connectivity index (χ2n) is 15.0. The zero-order valence-electron chi connectivity index (χ0n) is 32.8. The van der Waals surface area contributed by atoms with Crippen molar-refractivity contribution in [1.82, 2.24) is 4.90 Å². The highest BCUT2D eigenvalue weighted by atomic mass is 32.2. The van der Waals surface area contributed by atoms with Gasteiger partial charge in [-0.1, -0.05) is 219 Å². The van der Waals surface area contributed by atoms with E-state index < -0.39 is 15.9 Å². The third kappa shape index (κ3) is 36.6. The predicted octanol–water partition coefficient (Wildman–Crippen LogP) is 13.3. The van der Waals surface area contributed by atoms with E-state index in [1.165, 1.54) is 180 Å². The molecular formula is C42H83NO5S. The van der Waals surface area contributed by atoms with Crippen LogP contribution in [0.15, 0.2) is 0 Å². The van der Waals surface area contributed by atoms with Crippen LogP contribution in [0.5, 0.6) is 0 Å². The largest absolute Gasteiger partial charge is 0.285 e. The van der Waals surface area contributed by atoms with Crippen molar-refractivity contribution >= 4 is 21.9 Å². The lowest BCUT2D eigenvalue weighted by Crippen LogP contribution is -2.39. The summed E-state index contributed by atoms with van der Waals surface area (Å²) in [6.07, 6.45) is 43.7. The fourth-order valence-corrected chi connectivity index (χ4v) is 7.28. The Morgan fingerprint density at radius 3 is 0.796 bits per heavy atom. The number of amides is 2. The second kappa shape index (κ2) is 36.8. The third-order valence-electron chi connectivity index (χ3n) is 10.2. The van der Waals surface area contributed by atoms with Crippen molar-refractivity contribution in [3.63, 3.8) is 0 Å². The van der Waals surface area contributed by atoms with Gasteiger partial charge in [-0.05, 0) is 12.8 Å². The number of nitrogens with zero attached hydrogens (tertiary/aromatic N) is 1. The van der Waals surface area contributed by atoms with E-state index >= 15 is 0 Å². The Balaban J connectivity index is 3.88. The van der Waals surface area contributed by atoms with Gasteiger partial charge >= 0.3 is 0 Å². The van der Waals surface area contributed by atoms with E-state index in [0.29, 0.717) is 12.8 Å². The molecular weight excluding hydrogens is 631 g/mol. The minimum absolute atomic E-state index is 0.256. The number of rotatable bonds is 39. The van der Waals surface area contributed by atoms with Crippen LogP contribution in [0, 0.1) is 0 Å². The van der Waals surface area contributed by atoms with Crippen molar-refractivity contribution < 1.29 is 22.6 Å². The number of carbonyl (C=O) groups is 2. The summed E-state index contributed by atoms with van der Waals surface area (Å²) in [5.41, 5.74) is 0. The van der Waals surface area contributed by atoms with Gasteiger partial charge in [0.1, 0.15) is 0 Å². The first kappa shape index (κ1) is 48.0. The van der Waals surface area contributed by atoms with E-state index in [0.717, 1.165) is 30.6 Å². The van der Waals surface area contributed by atoms with Gasteiger partial charge in [0, 0.05) is 19.4 Å². The highest BCUT2D eigenvalue weighted by molar-refractivity contribution is 7.85. The maximum Gasteiger partial charge on any atom is 0.266 e. The van der Waals surface area contributed by atoms with Crippen molar-refractivity contribution in [2.45, 2.75) is 245 Å². The first-order valence-corrected chi connectivity index (χ1v) is 23.2. The molecule has 1 N–H and O–H groups in total. The molecule has 0 rings (SSSR count). The normalized spacial score (nSPS) is 11.7. The van der Waals surface area contributed by atoms with Gasteiger partial charge in [-0.3, -0.25) is 19.0 Å². The third-order valence-corrected chi connectivity index (χ3v) is 10.9. The Morgan fingerprint density at radius 1 is 0.388 bits per heavy atom. The molecule has 0 aliphatic heterocycles. The lowest BCUT2D eigenvalue weighted by molar-refractivity contribution is -0.144. The van der Waals surface area contributed by atoms with E-state index in [9.17, 15) is 22.6 Å². The van der Waals surface area contributed by atoms with Crippen molar-refractivity contribution in [2.75, 3.05) is 12.3 Å². The van der Waals surface area contributed by atoms with Gasteiger partial charge in [0.15, 0.2) is 0 Å². The van der Waals surface area contributed by atoms with Crippen LogP contribution in [0.2, 0.25) is 0 Å². The number of carbonyl (C=O) groups excluding carboxylic acids is 2. The highest BCUT2D eigenvalue weighted by Gasteiger charge is 2.22. The zero-order valence-corrected chi connectivity index (χ0v) is 33.6. The minimum Gasteiger partial charge on any atom is -0.285 e. The van der Waals surface area contributed by atoms with Crippen molar-refractivity contribution in [3.05, 3.63) is 0 Å². The summed E-state index contributed by atoms with van der Waals surface area (Å²) < 4.78 is 31.9. The summed E-state index contributed by atoms with van der Waals surface area (Å²) in [6, 6.07) is 0. The van der Waals surface area contributed by atoms with E-state index in [1.54, 1.807) is 0 Å². The molecule has 0 bridgehead atoms. The van der Waals surface area contributed by atoms with Gasteiger partial charge in [-0.15, -0.1) is 0 Å². The Morgan fingerprint density at radius 2 is 0.592 bits per heavy atom. The van der Waals surface area contributed by atoms with Crippen LogP contribution < -0.4 is 0 Å². The molecule has 0 saturated carbocycles. The molecule has 0 heterocycles. The number of hydrogen-bond acceptors (Lipinski definition) is 4. The maximum absolute atomic E-state index is 12.9. The summed E-state index contributed by atoms with van der Waals surface area (Å²) in [5.74, 6) is -1.20. The van der Waals surface area contributed by atoms with Crippen LogP contribution in [0.3, 0.4) is 0 Å². The van der Waals surface area contributed by atoms with Crippen molar-refractivity contribution in [2.24, 2.45) is 0 Å². The second-order valence-corrected chi connectivity index (χ2v) is 16.6. The van der Waals surface area contributed by atoms with E-state index in [-0.39, 0.29) is 31.2 Å². The van der Waals surface area contributed by atoms with Gasteiger partial charge in [0.05, 0.1) is 5.75 Å². The molecule has 7 heteroatoms. The average Bonchev–Trinajstić information content (AvgIpc) is 3.07. The summed E-state index contributed by atoms with van der Waals surface area (Å²) in [4.78, 5) is 26.8. The van der Waals surface area contributed by atoms with Gasteiger partial charge in [-0.2, -0.15) is 8.42 Å². The van der Waals surface area contributed by atoms with Gasteiger partial charge in [0.25, 0.3) is 10.1 Å². The number of unbranched alkanes of at least 4 members (excludes halogenated alkanes) is 32. The molecule has 0 atom stereocenters. The monoisotopic (exact) mass is 714 g/mol. The van der Waals surface area contributed by atoms with Crippen LogP contribution in [0.25, 0.3) is 0 Å². The lowest BCUT2D eigenvalue weighted by atomic mass is 10.0. The lowest BCUT2D eigenvalue weighted by Gasteiger charge is -2.20. The van der Waals surface area contributed by atoms with Crippen molar-refractivity contribution in [1.29, 1.82) is 0 Å². The molecule has 2 amide bonds. The summed E-state index contributed by atoms with van der Waals surface area (Å²) in [6.45, 7) is 4.28. The molecule has 0 radical (unpaired) electrons. The molecule has 0 fully saturated rings. The summed E-state index contributed by atoms with van der Waals surface area (Å²) in [7, 11) is -4.24. The molecule has 6 nitrogen and oxygen atoms in total. The SMILES string of the molecule is CCCCCCCCCCCCCCCCCCCC(=O)N(CCS(=O)(=O)O)C(=O)CCCCCCCCCCCCCCCCCCC.